The average molecular weight is 304 g/mol. The van der Waals surface area contributed by atoms with E-state index in [-0.39, 0.29) is 22.6 Å². The van der Waals surface area contributed by atoms with Crippen LogP contribution in [0.15, 0.2) is 11.4 Å². The van der Waals surface area contributed by atoms with Crippen molar-refractivity contribution in [2.24, 2.45) is 11.7 Å². The number of nitrogens with two attached hydrogens (primary N) is 1. The van der Waals surface area contributed by atoms with Crippen molar-refractivity contribution in [2.45, 2.75) is 32.4 Å². The minimum absolute atomic E-state index is 0.0377. The molecule has 1 aliphatic heterocycles. The van der Waals surface area contributed by atoms with Crippen LogP contribution in [0.25, 0.3) is 0 Å². The lowest BCUT2D eigenvalue weighted by molar-refractivity contribution is -0.0499. The maximum absolute atomic E-state index is 12.3. The predicted molar refractivity (Wildman–Crippen MR) is 73.2 cm³/mol. The van der Waals surface area contributed by atoms with Crippen LogP contribution < -0.4 is 10.5 Å². The molecular formula is C13H18F2N2O2S. The summed E-state index contributed by atoms with van der Waals surface area (Å²) >= 11 is 1.13. The number of thiophene rings is 1. The molecule has 1 aliphatic rings. The van der Waals surface area contributed by atoms with E-state index in [9.17, 15) is 13.6 Å². The molecule has 0 aromatic carbocycles. The Morgan fingerprint density at radius 2 is 2.15 bits per heavy atom. The van der Waals surface area contributed by atoms with Gasteiger partial charge in [-0.25, -0.2) is 0 Å². The lowest BCUT2D eigenvalue weighted by Gasteiger charge is -2.33. The summed E-state index contributed by atoms with van der Waals surface area (Å²) in [7, 11) is 0. The van der Waals surface area contributed by atoms with Gasteiger partial charge in [-0.2, -0.15) is 8.78 Å². The zero-order valence-corrected chi connectivity index (χ0v) is 12.0. The lowest BCUT2D eigenvalue weighted by Crippen LogP contribution is -2.42. The van der Waals surface area contributed by atoms with Gasteiger partial charge in [0, 0.05) is 19.1 Å². The van der Waals surface area contributed by atoms with Gasteiger partial charge < -0.3 is 15.4 Å². The summed E-state index contributed by atoms with van der Waals surface area (Å²) in [5, 5.41) is 1.58. The molecule has 1 fully saturated rings. The number of carbonyl (C=O) groups excluding carboxylic acids is 1. The Balaban J connectivity index is 2.00. The molecule has 4 nitrogen and oxygen atoms in total. The maximum Gasteiger partial charge on any atom is 0.387 e. The van der Waals surface area contributed by atoms with Gasteiger partial charge >= 0.3 is 6.61 Å². The van der Waals surface area contributed by atoms with Crippen molar-refractivity contribution in [2.75, 3.05) is 13.1 Å². The first-order valence-electron chi connectivity index (χ1n) is 6.56. The monoisotopic (exact) mass is 304 g/mol. The summed E-state index contributed by atoms with van der Waals surface area (Å²) in [6.07, 6.45) is 1.69. The highest BCUT2D eigenvalue weighted by molar-refractivity contribution is 7.12. The van der Waals surface area contributed by atoms with E-state index in [1.807, 2.05) is 6.92 Å². The van der Waals surface area contributed by atoms with E-state index in [1.165, 1.54) is 6.07 Å². The summed E-state index contributed by atoms with van der Waals surface area (Å²) in [6.45, 7) is 0.268. The SMILES string of the molecule is CC(N)C1CCN(C(=O)c2sccc2OC(F)F)CC1. The van der Waals surface area contributed by atoms with Gasteiger partial charge in [0.15, 0.2) is 0 Å². The minimum atomic E-state index is -2.92. The average Bonchev–Trinajstić information content (AvgIpc) is 2.85. The van der Waals surface area contributed by atoms with E-state index in [0.717, 1.165) is 24.2 Å². The van der Waals surface area contributed by atoms with E-state index in [4.69, 9.17) is 5.73 Å². The van der Waals surface area contributed by atoms with Gasteiger partial charge in [0.05, 0.1) is 0 Å². The lowest BCUT2D eigenvalue weighted by atomic mass is 9.91. The van der Waals surface area contributed by atoms with E-state index in [2.05, 4.69) is 4.74 Å². The van der Waals surface area contributed by atoms with E-state index in [1.54, 1.807) is 10.3 Å². The molecule has 0 bridgehead atoms. The number of rotatable bonds is 4. The largest absolute Gasteiger partial charge is 0.433 e. The number of hydrogen-bond donors (Lipinski definition) is 1. The Morgan fingerprint density at radius 3 is 2.70 bits per heavy atom. The fourth-order valence-electron chi connectivity index (χ4n) is 2.41. The molecule has 112 valence electrons. The van der Waals surface area contributed by atoms with Crippen molar-refractivity contribution >= 4 is 17.2 Å². The number of likely N-dealkylation sites (tertiary alicyclic amines) is 1. The number of hydrogen-bond acceptors (Lipinski definition) is 4. The van der Waals surface area contributed by atoms with Crippen molar-refractivity contribution in [3.05, 3.63) is 16.3 Å². The zero-order valence-electron chi connectivity index (χ0n) is 11.2. The topological polar surface area (TPSA) is 55.6 Å². The Labute approximate surface area is 120 Å². The smallest absolute Gasteiger partial charge is 0.387 e. The molecule has 1 atom stereocenters. The summed E-state index contributed by atoms with van der Waals surface area (Å²) in [4.78, 5) is 14.2. The highest BCUT2D eigenvalue weighted by Crippen LogP contribution is 2.29. The normalized spacial score (nSPS) is 18.4. The van der Waals surface area contributed by atoms with Gasteiger partial charge in [-0.15, -0.1) is 11.3 Å². The molecular weight excluding hydrogens is 286 g/mol. The number of ether oxygens (including phenoxy) is 1. The molecule has 20 heavy (non-hydrogen) atoms. The molecule has 0 saturated carbocycles. The van der Waals surface area contributed by atoms with Crippen molar-refractivity contribution < 1.29 is 18.3 Å². The molecule has 0 aliphatic carbocycles. The van der Waals surface area contributed by atoms with Gasteiger partial charge in [0.25, 0.3) is 5.91 Å². The van der Waals surface area contributed by atoms with E-state index < -0.39 is 6.61 Å². The van der Waals surface area contributed by atoms with Crippen LogP contribution in [0.2, 0.25) is 0 Å². The zero-order chi connectivity index (χ0) is 14.7. The van der Waals surface area contributed by atoms with Gasteiger partial charge in [-0.1, -0.05) is 0 Å². The van der Waals surface area contributed by atoms with E-state index in [0.29, 0.717) is 19.0 Å². The quantitative estimate of drug-likeness (QED) is 0.930. The summed E-state index contributed by atoms with van der Waals surface area (Å²) in [6, 6.07) is 1.52. The molecule has 2 N–H and O–H groups in total. The fourth-order valence-corrected chi connectivity index (χ4v) is 3.20. The standard InChI is InChI=1S/C13H18F2N2O2S/c1-8(16)9-2-5-17(6-3-9)12(18)11-10(4-7-20-11)19-13(14)15/h4,7-9,13H,2-3,5-6,16H2,1H3. The first-order chi connectivity index (χ1) is 9.49. The third-order valence-corrected chi connectivity index (χ3v) is 4.49. The van der Waals surface area contributed by atoms with Crippen LogP contribution in [0, 0.1) is 5.92 Å². The maximum atomic E-state index is 12.3. The Bertz CT molecular complexity index is 457. The first kappa shape index (κ1) is 15.2. The molecule has 0 spiro atoms. The summed E-state index contributed by atoms with van der Waals surface area (Å²) < 4.78 is 28.9. The van der Waals surface area contributed by atoms with Crippen LogP contribution in [0.1, 0.15) is 29.4 Å². The van der Waals surface area contributed by atoms with Crippen molar-refractivity contribution in [3.63, 3.8) is 0 Å². The third-order valence-electron chi connectivity index (χ3n) is 3.61. The van der Waals surface area contributed by atoms with Crippen molar-refractivity contribution in [1.29, 1.82) is 0 Å². The highest BCUT2D eigenvalue weighted by Gasteiger charge is 2.28. The Kier molecular flexibility index (Phi) is 4.93. The Morgan fingerprint density at radius 1 is 1.50 bits per heavy atom. The third kappa shape index (κ3) is 3.46. The van der Waals surface area contributed by atoms with Crippen LogP contribution in [0.4, 0.5) is 8.78 Å². The minimum Gasteiger partial charge on any atom is -0.433 e. The van der Waals surface area contributed by atoms with Crippen LogP contribution in [-0.4, -0.2) is 36.5 Å². The predicted octanol–water partition coefficient (Wildman–Crippen LogP) is 2.55. The highest BCUT2D eigenvalue weighted by atomic mass is 32.1. The van der Waals surface area contributed by atoms with Gasteiger partial charge in [-0.05, 0) is 37.1 Å². The molecule has 1 amide bonds. The fraction of sp³-hybridized carbons (Fsp3) is 0.615. The number of amides is 1. The number of carbonyl (C=O) groups is 1. The summed E-state index contributed by atoms with van der Waals surface area (Å²) in [5.74, 6) is 0.141. The summed E-state index contributed by atoms with van der Waals surface area (Å²) in [5.41, 5.74) is 5.86. The van der Waals surface area contributed by atoms with Crippen molar-refractivity contribution in [1.82, 2.24) is 4.90 Å². The first-order valence-corrected chi connectivity index (χ1v) is 7.44. The van der Waals surface area contributed by atoms with Crippen LogP contribution >= 0.6 is 11.3 Å². The van der Waals surface area contributed by atoms with Gasteiger partial charge in [0.1, 0.15) is 10.6 Å². The number of nitrogens with zero attached hydrogens (tertiary/aromatic N) is 1. The van der Waals surface area contributed by atoms with Gasteiger partial charge in [-0.3, -0.25) is 4.79 Å². The van der Waals surface area contributed by atoms with Crippen LogP contribution in [-0.2, 0) is 0 Å². The van der Waals surface area contributed by atoms with Crippen molar-refractivity contribution in [3.8, 4) is 5.75 Å². The second kappa shape index (κ2) is 6.49. The molecule has 1 unspecified atom stereocenters. The van der Waals surface area contributed by atoms with Crippen LogP contribution in [0.5, 0.6) is 5.75 Å². The Hall–Kier alpha value is -1.21. The van der Waals surface area contributed by atoms with Gasteiger partial charge in [0.2, 0.25) is 0 Å². The molecule has 1 aromatic heterocycles. The molecule has 7 heteroatoms. The second-order valence-electron chi connectivity index (χ2n) is 4.98. The molecule has 0 radical (unpaired) electrons. The molecule has 1 aromatic rings. The second-order valence-corrected chi connectivity index (χ2v) is 5.90. The number of halogens is 2. The molecule has 2 heterocycles. The number of piperidine rings is 1. The van der Waals surface area contributed by atoms with E-state index >= 15 is 0 Å². The molecule has 1 saturated heterocycles. The molecule has 2 rings (SSSR count). The number of alkyl halides is 2. The van der Waals surface area contributed by atoms with Crippen LogP contribution in [0.3, 0.4) is 0 Å².